The molecule has 1 aromatic rings. The van der Waals surface area contributed by atoms with Crippen LogP contribution in [0.4, 0.5) is 4.79 Å². The lowest BCUT2D eigenvalue weighted by molar-refractivity contribution is 0.129. The molecule has 1 fully saturated rings. The van der Waals surface area contributed by atoms with Gasteiger partial charge in [-0.1, -0.05) is 18.2 Å². The van der Waals surface area contributed by atoms with E-state index in [9.17, 15) is 9.90 Å². The number of rotatable bonds is 3. The zero-order valence-corrected chi connectivity index (χ0v) is 11.2. The summed E-state index contributed by atoms with van der Waals surface area (Å²) < 4.78 is 0. The molecule has 1 aliphatic heterocycles. The van der Waals surface area contributed by atoms with E-state index in [1.807, 2.05) is 32.0 Å². The molecule has 2 amide bonds. The Morgan fingerprint density at radius 3 is 2.56 bits per heavy atom. The molecule has 1 heterocycles. The molecule has 4 heteroatoms. The predicted octanol–water partition coefficient (Wildman–Crippen LogP) is 1.70. The predicted molar refractivity (Wildman–Crippen MR) is 70.5 cm³/mol. The lowest BCUT2D eigenvalue weighted by Gasteiger charge is -2.20. The Kier molecular flexibility index (Phi) is 3.57. The average molecular weight is 248 g/mol. The lowest BCUT2D eigenvalue weighted by atomic mass is 10.0. The number of nitrogens with zero attached hydrogens (tertiary/aromatic N) is 2. The van der Waals surface area contributed by atoms with Crippen molar-refractivity contribution in [3.05, 3.63) is 34.9 Å². The van der Waals surface area contributed by atoms with Crippen molar-refractivity contribution in [1.82, 2.24) is 9.80 Å². The number of amides is 2. The molecular formula is C14H20N2O2. The zero-order chi connectivity index (χ0) is 13.3. The fraction of sp³-hybridized carbons (Fsp3) is 0.500. The summed E-state index contributed by atoms with van der Waals surface area (Å²) in [5.74, 6) is 0. The maximum atomic E-state index is 11.7. The van der Waals surface area contributed by atoms with E-state index >= 15 is 0 Å². The second kappa shape index (κ2) is 4.98. The summed E-state index contributed by atoms with van der Waals surface area (Å²) in [7, 11) is 1.78. The van der Waals surface area contributed by atoms with Gasteiger partial charge in [0.1, 0.15) is 0 Å². The molecule has 1 saturated heterocycles. The standard InChI is InChI=1S/C14H20N2O2/c1-10-4-5-12(8-11(10)2)13(17)9-16-7-6-15(3)14(16)18/h4-5,8,13,17H,6-7,9H2,1-3H3. The van der Waals surface area contributed by atoms with Crippen LogP contribution in [-0.2, 0) is 0 Å². The monoisotopic (exact) mass is 248 g/mol. The number of urea groups is 1. The number of hydrogen-bond donors (Lipinski definition) is 1. The first-order valence-electron chi connectivity index (χ1n) is 6.24. The molecule has 1 unspecified atom stereocenters. The summed E-state index contributed by atoms with van der Waals surface area (Å²) >= 11 is 0. The molecule has 2 rings (SSSR count). The third kappa shape index (κ3) is 2.48. The van der Waals surface area contributed by atoms with E-state index in [0.717, 1.165) is 17.7 Å². The van der Waals surface area contributed by atoms with E-state index < -0.39 is 6.10 Å². The topological polar surface area (TPSA) is 43.8 Å². The highest BCUT2D eigenvalue weighted by Crippen LogP contribution is 2.19. The Morgan fingerprint density at radius 2 is 2.00 bits per heavy atom. The van der Waals surface area contributed by atoms with Crippen LogP contribution < -0.4 is 0 Å². The number of likely N-dealkylation sites (N-methyl/N-ethyl adjacent to an activating group) is 1. The van der Waals surface area contributed by atoms with Crippen molar-refractivity contribution in [2.45, 2.75) is 20.0 Å². The van der Waals surface area contributed by atoms with Crippen LogP contribution in [0.15, 0.2) is 18.2 Å². The second-order valence-corrected chi connectivity index (χ2v) is 5.01. The first-order valence-corrected chi connectivity index (χ1v) is 6.24. The Morgan fingerprint density at radius 1 is 1.28 bits per heavy atom. The molecule has 1 atom stereocenters. The van der Waals surface area contributed by atoms with Crippen molar-refractivity contribution in [1.29, 1.82) is 0 Å². The quantitative estimate of drug-likeness (QED) is 0.885. The van der Waals surface area contributed by atoms with Gasteiger partial charge >= 0.3 is 6.03 Å². The van der Waals surface area contributed by atoms with Gasteiger partial charge in [0.05, 0.1) is 12.6 Å². The van der Waals surface area contributed by atoms with Gasteiger partial charge in [-0.05, 0) is 30.5 Å². The van der Waals surface area contributed by atoms with Crippen LogP contribution in [0.3, 0.4) is 0 Å². The van der Waals surface area contributed by atoms with Crippen LogP contribution >= 0.6 is 0 Å². The molecule has 4 nitrogen and oxygen atoms in total. The molecule has 0 aliphatic carbocycles. The maximum Gasteiger partial charge on any atom is 0.319 e. The number of aliphatic hydroxyl groups is 1. The van der Waals surface area contributed by atoms with Crippen molar-refractivity contribution in [2.75, 3.05) is 26.7 Å². The number of aryl methyl sites for hydroxylation is 2. The lowest BCUT2D eigenvalue weighted by Crippen LogP contribution is -2.32. The van der Waals surface area contributed by atoms with Crippen molar-refractivity contribution in [3.63, 3.8) is 0 Å². The number of carbonyl (C=O) groups excluding carboxylic acids is 1. The fourth-order valence-corrected chi connectivity index (χ4v) is 2.16. The molecule has 0 saturated carbocycles. The van der Waals surface area contributed by atoms with E-state index in [4.69, 9.17) is 0 Å². The minimum atomic E-state index is -0.611. The molecule has 0 radical (unpaired) electrons. The van der Waals surface area contributed by atoms with Gasteiger partial charge in [0.2, 0.25) is 0 Å². The van der Waals surface area contributed by atoms with E-state index in [0.29, 0.717) is 13.1 Å². The molecule has 1 N–H and O–H groups in total. The summed E-state index contributed by atoms with van der Waals surface area (Å²) in [6.45, 7) is 5.87. The number of aliphatic hydroxyl groups excluding tert-OH is 1. The summed E-state index contributed by atoms with van der Waals surface area (Å²) in [4.78, 5) is 15.1. The maximum absolute atomic E-state index is 11.7. The summed E-state index contributed by atoms with van der Waals surface area (Å²) in [5.41, 5.74) is 3.25. The third-order valence-electron chi connectivity index (χ3n) is 3.61. The molecule has 0 spiro atoms. The minimum absolute atomic E-state index is 0.00196. The van der Waals surface area contributed by atoms with Crippen LogP contribution in [0.25, 0.3) is 0 Å². The van der Waals surface area contributed by atoms with Gasteiger partial charge in [0.15, 0.2) is 0 Å². The van der Waals surface area contributed by atoms with Crippen molar-refractivity contribution in [3.8, 4) is 0 Å². The van der Waals surface area contributed by atoms with Crippen molar-refractivity contribution >= 4 is 6.03 Å². The summed E-state index contributed by atoms with van der Waals surface area (Å²) in [5, 5.41) is 10.2. The fourth-order valence-electron chi connectivity index (χ4n) is 2.16. The van der Waals surface area contributed by atoms with Crippen molar-refractivity contribution < 1.29 is 9.90 Å². The zero-order valence-electron chi connectivity index (χ0n) is 11.2. The molecule has 1 aliphatic rings. The highest BCUT2D eigenvalue weighted by molar-refractivity contribution is 5.76. The van der Waals surface area contributed by atoms with Gasteiger partial charge in [0, 0.05) is 20.1 Å². The van der Waals surface area contributed by atoms with E-state index in [2.05, 4.69) is 0 Å². The number of hydrogen-bond acceptors (Lipinski definition) is 2. The normalized spacial score (nSPS) is 17.4. The van der Waals surface area contributed by atoms with Gasteiger partial charge in [-0.15, -0.1) is 0 Å². The van der Waals surface area contributed by atoms with Gasteiger partial charge in [-0.25, -0.2) is 4.79 Å². The molecular weight excluding hydrogens is 228 g/mol. The van der Waals surface area contributed by atoms with Gasteiger partial charge < -0.3 is 14.9 Å². The highest BCUT2D eigenvalue weighted by atomic mass is 16.3. The number of β-amino-alcohol motifs (C(OH)–C–C–N with tert-alkyl or cyclic N) is 1. The Balaban J connectivity index is 2.05. The van der Waals surface area contributed by atoms with Crippen LogP contribution in [0.1, 0.15) is 22.8 Å². The molecule has 18 heavy (non-hydrogen) atoms. The molecule has 98 valence electrons. The van der Waals surface area contributed by atoms with Crippen LogP contribution in [0, 0.1) is 13.8 Å². The van der Waals surface area contributed by atoms with Gasteiger partial charge in [0.25, 0.3) is 0 Å². The first-order chi connectivity index (χ1) is 8.49. The van der Waals surface area contributed by atoms with E-state index in [1.54, 1.807) is 16.8 Å². The van der Waals surface area contributed by atoms with Gasteiger partial charge in [-0.3, -0.25) is 0 Å². The number of benzene rings is 1. The van der Waals surface area contributed by atoms with Crippen molar-refractivity contribution in [2.24, 2.45) is 0 Å². The summed E-state index contributed by atoms with van der Waals surface area (Å²) in [6, 6.07) is 5.92. The Hall–Kier alpha value is -1.55. The van der Waals surface area contributed by atoms with E-state index in [-0.39, 0.29) is 6.03 Å². The smallest absolute Gasteiger partial charge is 0.319 e. The Bertz CT molecular complexity index is 459. The first kappa shape index (κ1) is 12.9. The van der Waals surface area contributed by atoms with E-state index in [1.165, 1.54) is 5.56 Å². The molecule has 0 bridgehead atoms. The SMILES string of the molecule is Cc1ccc(C(O)CN2CCN(C)C2=O)cc1C. The van der Waals surface area contributed by atoms with Crippen LogP contribution in [0.2, 0.25) is 0 Å². The third-order valence-corrected chi connectivity index (χ3v) is 3.61. The van der Waals surface area contributed by atoms with Crippen LogP contribution in [-0.4, -0.2) is 47.6 Å². The van der Waals surface area contributed by atoms with Gasteiger partial charge in [-0.2, -0.15) is 0 Å². The second-order valence-electron chi connectivity index (χ2n) is 5.01. The Labute approximate surface area is 108 Å². The molecule has 1 aromatic carbocycles. The van der Waals surface area contributed by atoms with Crippen LogP contribution in [0.5, 0.6) is 0 Å². The highest BCUT2D eigenvalue weighted by Gasteiger charge is 2.27. The number of carbonyl (C=O) groups is 1. The summed E-state index contributed by atoms with van der Waals surface area (Å²) in [6.07, 6.45) is -0.611. The average Bonchev–Trinajstić information content (AvgIpc) is 2.64. The minimum Gasteiger partial charge on any atom is -0.387 e. The molecule has 0 aromatic heterocycles. The largest absolute Gasteiger partial charge is 0.387 e.